The van der Waals surface area contributed by atoms with Gasteiger partial charge in [0.15, 0.2) is 0 Å². The minimum atomic E-state index is -3.71. The number of nitrogens with one attached hydrogen (secondary N) is 3. The zero-order valence-corrected chi connectivity index (χ0v) is 14.7. The highest BCUT2D eigenvalue weighted by atomic mass is 32.2. The molecule has 0 aliphatic rings. The van der Waals surface area contributed by atoms with Gasteiger partial charge in [0.05, 0.1) is 10.9 Å². The molecule has 0 bridgehead atoms. The van der Waals surface area contributed by atoms with E-state index < -0.39 is 16.1 Å². The summed E-state index contributed by atoms with van der Waals surface area (Å²) in [5.74, 6) is 0.476. The molecule has 5 N–H and O–H groups in total. The van der Waals surface area contributed by atoms with Crippen LogP contribution in [0.2, 0.25) is 0 Å². The van der Waals surface area contributed by atoms with Gasteiger partial charge >= 0.3 is 0 Å². The van der Waals surface area contributed by atoms with E-state index in [0.717, 1.165) is 5.56 Å². The minimum absolute atomic E-state index is 0.0359. The Morgan fingerprint density at radius 1 is 1.19 bits per heavy atom. The Hall–Kier alpha value is -2.97. The molecular weight excluding hydrogens is 350 g/mol. The molecule has 26 heavy (non-hydrogen) atoms. The van der Waals surface area contributed by atoms with Gasteiger partial charge < -0.3 is 10.7 Å². The van der Waals surface area contributed by atoms with Crippen molar-refractivity contribution in [3.63, 3.8) is 0 Å². The lowest BCUT2D eigenvalue weighted by atomic mass is 10.0. The van der Waals surface area contributed by atoms with E-state index >= 15 is 0 Å². The number of aromatic nitrogens is 2. The predicted molar refractivity (Wildman–Crippen MR) is 99.3 cm³/mol. The molecule has 1 unspecified atom stereocenters. The van der Waals surface area contributed by atoms with Gasteiger partial charge in [0, 0.05) is 18.0 Å². The quantitative estimate of drug-likeness (QED) is 0.375. The van der Waals surface area contributed by atoms with E-state index in [9.17, 15) is 8.42 Å². The standard InChI is InChI=1S/C18H19N5O2S/c19-17(20)14-6-4-5-13(11-14)12-16(18-21-9-10-22-18)23-26(24,25)15-7-2-1-3-8-15/h1-11,16,23H,12H2,(H3,19,20)(H,21,22). The third kappa shape index (κ3) is 4.16. The fraction of sp³-hybridized carbons (Fsp3) is 0.111. The van der Waals surface area contributed by atoms with Gasteiger partial charge in [0.25, 0.3) is 0 Å². The van der Waals surface area contributed by atoms with E-state index in [1.807, 2.05) is 6.07 Å². The molecule has 1 heterocycles. The number of sulfonamides is 1. The molecule has 0 spiro atoms. The number of hydrogen-bond acceptors (Lipinski definition) is 4. The summed E-state index contributed by atoms with van der Waals surface area (Å²) in [7, 11) is -3.71. The first-order valence-corrected chi connectivity index (χ1v) is 9.44. The van der Waals surface area contributed by atoms with Crippen molar-refractivity contribution in [3.8, 4) is 0 Å². The van der Waals surface area contributed by atoms with E-state index in [1.54, 1.807) is 48.8 Å². The summed E-state index contributed by atoms with van der Waals surface area (Å²) in [4.78, 5) is 7.35. The summed E-state index contributed by atoms with van der Waals surface area (Å²) >= 11 is 0. The number of nitrogens with two attached hydrogens (primary N) is 1. The first-order valence-electron chi connectivity index (χ1n) is 7.96. The second-order valence-electron chi connectivity index (χ2n) is 5.78. The number of aromatic amines is 1. The number of imidazole rings is 1. The van der Waals surface area contributed by atoms with Crippen LogP contribution < -0.4 is 10.5 Å². The first-order chi connectivity index (χ1) is 12.5. The number of nitrogens with zero attached hydrogens (tertiary/aromatic N) is 1. The van der Waals surface area contributed by atoms with Crippen molar-refractivity contribution in [2.24, 2.45) is 5.73 Å². The molecule has 3 aromatic rings. The van der Waals surface area contributed by atoms with Crippen molar-refractivity contribution in [3.05, 3.63) is 83.9 Å². The zero-order valence-electron chi connectivity index (χ0n) is 13.9. The molecule has 0 aliphatic carbocycles. The summed E-state index contributed by atoms with van der Waals surface area (Å²) in [6, 6.07) is 14.8. The van der Waals surface area contributed by atoms with Crippen LogP contribution >= 0.6 is 0 Å². The van der Waals surface area contributed by atoms with Gasteiger partial charge in [0.1, 0.15) is 11.7 Å². The fourth-order valence-electron chi connectivity index (χ4n) is 2.62. The van der Waals surface area contributed by atoms with Gasteiger partial charge in [-0.15, -0.1) is 0 Å². The number of amidine groups is 1. The summed E-state index contributed by atoms with van der Waals surface area (Å²) in [5, 5.41) is 7.56. The van der Waals surface area contributed by atoms with Gasteiger partial charge in [-0.2, -0.15) is 0 Å². The van der Waals surface area contributed by atoms with E-state index in [2.05, 4.69) is 14.7 Å². The number of nitrogen functional groups attached to an aromatic ring is 1. The van der Waals surface area contributed by atoms with Crippen LogP contribution in [-0.2, 0) is 16.4 Å². The molecule has 1 atom stereocenters. The Morgan fingerprint density at radius 2 is 1.96 bits per heavy atom. The van der Waals surface area contributed by atoms with Gasteiger partial charge in [0.2, 0.25) is 10.0 Å². The molecule has 0 fully saturated rings. The number of hydrogen-bond donors (Lipinski definition) is 4. The van der Waals surface area contributed by atoms with Crippen molar-refractivity contribution in [1.29, 1.82) is 5.41 Å². The van der Waals surface area contributed by atoms with Crippen LogP contribution in [-0.4, -0.2) is 24.2 Å². The van der Waals surface area contributed by atoms with Crippen LogP contribution in [0.1, 0.15) is 23.0 Å². The van der Waals surface area contributed by atoms with Crippen molar-refractivity contribution in [2.75, 3.05) is 0 Å². The van der Waals surface area contributed by atoms with Gasteiger partial charge in [-0.3, -0.25) is 5.41 Å². The minimum Gasteiger partial charge on any atom is -0.384 e. The van der Waals surface area contributed by atoms with Crippen LogP contribution in [0.3, 0.4) is 0 Å². The maximum Gasteiger partial charge on any atom is 0.241 e. The third-order valence-corrected chi connectivity index (χ3v) is 5.37. The van der Waals surface area contributed by atoms with Crippen LogP contribution in [0.4, 0.5) is 0 Å². The molecule has 134 valence electrons. The lowest BCUT2D eigenvalue weighted by molar-refractivity contribution is 0.545. The average molecular weight is 369 g/mol. The highest BCUT2D eigenvalue weighted by Gasteiger charge is 2.23. The van der Waals surface area contributed by atoms with Crippen LogP contribution in [0.15, 0.2) is 71.9 Å². The molecule has 0 amide bonds. The predicted octanol–water partition coefficient (Wildman–Crippen LogP) is 1.96. The molecule has 3 rings (SSSR count). The highest BCUT2D eigenvalue weighted by molar-refractivity contribution is 7.89. The molecule has 7 nitrogen and oxygen atoms in total. The Balaban J connectivity index is 1.90. The molecule has 1 aromatic heterocycles. The monoisotopic (exact) mass is 369 g/mol. The van der Waals surface area contributed by atoms with Gasteiger partial charge in [-0.25, -0.2) is 18.1 Å². The Bertz CT molecular complexity index is 985. The van der Waals surface area contributed by atoms with Crippen molar-refractivity contribution in [1.82, 2.24) is 14.7 Å². The van der Waals surface area contributed by atoms with Crippen LogP contribution in [0.25, 0.3) is 0 Å². The molecule has 0 saturated carbocycles. The zero-order chi connectivity index (χ0) is 18.6. The van der Waals surface area contributed by atoms with E-state index in [1.165, 1.54) is 12.1 Å². The second-order valence-corrected chi connectivity index (χ2v) is 7.49. The Labute approximate surface area is 151 Å². The number of H-pyrrole nitrogens is 1. The van der Waals surface area contributed by atoms with Crippen LogP contribution in [0.5, 0.6) is 0 Å². The van der Waals surface area contributed by atoms with Gasteiger partial charge in [-0.05, 0) is 30.2 Å². The summed E-state index contributed by atoms with van der Waals surface area (Å²) < 4.78 is 28.1. The average Bonchev–Trinajstić information content (AvgIpc) is 3.17. The van der Waals surface area contributed by atoms with E-state index in [0.29, 0.717) is 17.8 Å². The smallest absolute Gasteiger partial charge is 0.241 e. The molecular formula is C18H19N5O2S. The molecule has 0 saturated heterocycles. The SMILES string of the molecule is N=C(N)c1cccc(CC(NS(=O)(=O)c2ccccc2)c2ncc[nH]2)c1. The summed E-state index contributed by atoms with van der Waals surface area (Å²) in [5.41, 5.74) is 6.97. The Morgan fingerprint density at radius 3 is 2.62 bits per heavy atom. The largest absolute Gasteiger partial charge is 0.384 e. The van der Waals surface area contributed by atoms with E-state index in [4.69, 9.17) is 11.1 Å². The van der Waals surface area contributed by atoms with Gasteiger partial charge in [-0.1, -0.05) is 36.4 Å². The normalized spacial score (nSPS) is 12.6. The number of benzene rings is 2. The Kier molecular flexibility index (Phi) is 5.15. The maximum absolute atomic E-state index is 12.7. The molecule has 2 aromatic carbocycles. The van der Waals surface area contributed by atoms with Crippen molar-refractivity contribution in [2.45, 2.75) is 17.4 Å². The third-order valence-electron chi connectivity index (χ3n) is 3.88. The van der Waals surface area contributed by atoms with Crippen molar-refractivity contribution < 1.29 is 8.42 Å². The van der Waals surface area contributed by atoms with Crippen molar-refractivity contribution >= 4 is 15.9 Å². The topological polar surface area (TPSA) is 125 Å². The lowest BCUT2D eigenvalue weighted by Crippen LogP contribution is -2.31. The molecule has 0 aliphatic heterocycles. The number of rotatable bonds is 7. The highest BCUT2D eigenvalue weighted by Crippen LogP contribution is 2.20. The molecule has 8 heteroatoms. The van der Waals surface area contributed by atoms with E-state index in [-0.39, 0.29) is 10.7 Å². The second kappa shape index (κ2) is 7.51. The fourth-order valence-corrected chi connectivity index (χ4v) is 3.84. The maximum atomic E-state index is 12.7. The lowest BCUT2D eigenvalue weighted by Gasteiger charge is -2.17. The van der Waals surface area contributed by atoms with Crippen LogP contribution in [0, 0.1) is 5.41 Å². The first kappa shape index (κ1) is 17.8. The summed E-state index contributed by atoms with van der Waals surface area (Å²) in [6.45, 7) is 0. The molecule has 0 radical (unpaired) electrons. The summed E-state index contributed by atoms with van der Waals surface area (Å²) in [6.07, 6.45) is 3.58.